The minimum atomic E-state index is -3.03. The fourth-order valence-corrected chi connectivity index (χ4v) is 4.17. The Morgan fingerprint density at radius 2 is 1.70 bits per heavy atom. The van der Waals surface area contributed by atoms with Gasteiger partial charge in [-0.05, 0) is 18.8 Å². The van der Waals surface area contributed by atoms with E-state index in [0.717, 1.165) is 12.8 Å². The molecule has 0 aromatic heterocycles. The number of ether oxygens (including phenoxy) is 1. The summed E-state index contributed by atoms with van der Waals surface area (Å²) in [6.07, 6.45) is 1.50. The minimum Gasteiger partial charge on any atom is -0.381 e. The number of ketones is 1. The fourth-order valence-electron chi connectivity index (χ4n) is 2.97. The van der Waals surface area contributed by atoms with Gasteiger partial charge in [0.15, 0.2) is 15.6 Å². The summed E-state index contributed by atoms with van der Waals surface area (Å²) < 4.78 is 28.3. The van der Waals surface area contributed by atoms with Crippen molar-refractivity contribution >= 4 is 21.7 Å². The van der Waals surface area contributed by atoms with Crippen molar-refractivity contribution in [3.63, 3.8) is 0 Å². The third kappa shape index (κ3) is 4.91. The van der Waals surface area contributed by atoms with Crippen LogP contribution in [0.3, 0.4) is 0 Å². The van der Waals surface area contributed by atoms with E-state index in [9.17, 15) is 18.0 Å². The molecular weight excluding hydrogens is 320 g/mol. The maximum Gasteiger partial charge on any atom is 0.318 e. The van der Waals surface area contributed by atoms with Crippen molar-refractivity contribution in [2.24, 2.45) is 11.8 Å². The Morgan fingerprint density at radius 3 is 2.22 bits per heavy atom. The second-order valence-corrected chi connectivity index (χ2v) is 8.88. The Kier molecular flexibility index (Phi) is 6.02. The van der Waals surface area contributed by atoms with Crippen LogP contribution in [0.2, 0.25) is 0 Å². The van der Waals surface area contributed by atoms with Crippen LogP contribution in [-0.4, -0.2) is 69.0 Å². The van der Waals surface area contributed by atoms with Crippen LogP contribution in [0.1, 0.15) is 26.7 Å². The molecule has 2 fully saturated rings. The van der Waals surface area contributed by atoms with Crippen molar-refractivity contribution in [2.75, 3.05) is 37.8 Å². The van der Waals surface area contributed by atoms with Crippen LogP contribution >= 0.6 is 0 Å². The second kappa shape index (κ2) is 7.61. The van der Waals surface area contributed by atoms with Gasteiger partial charge in [0.25, 0.3) is 0 Å². The average molecular weight is 346 g/mol. The molecular formula is C15H26N2O5S. The Hall–Kier alpha value is -1.15. The number of Topliss-reactive ketones (excluding diaryl/α,β-unsaturated/α-hetero) is 1. The molecule has 1 atom stereocenters. The number of urea groups is 1. The lowest BCUT2D eigenvalue weighted by Gasteiger charge is -2.34. The first-order chi connectivity index (χ1) is 10.8. The summed E-state index contributed by atoms with van der Waals surface area (Å²) >= 11 is 0. The molecule has 2 heterocycles. The molecule has 0 spiro atoms. The highest BCUT2D eigenvalue weighted by atomic mass is 32.2. The highest BCUT2D eigenvalue weighted by Crippen LogP contribution is 2.22. The van der Waals surface area contributed by atoms with Crippen LogP contribution in [0.15, 0.2) is 0 Å². The number of nitrogens with zero attached hydrogens (tertiary/aromatic N) is 1. The molecule has 0 bridgehead atoms. The van der Waals surface area contributed by atoms with Crippen LogP contribution in [0, 0.1) is 11.8 Å². The van der Waals surface area contributed by atoms with Crippen LogP contribution in [-0.2, 0) is 19.4 Å². The highest BCUT2D eigenvalue weighted by molar-refractivity contribution is 7.91. The van der Waals surface area contributed by atoms with Gasteiger partial charge in [-0.2, -0.15) is 0 Å². The molecule has 2 amide bonds. The predicted molar refractivity (Wildman–Crippen MR) is 85.9 cm³/mol. The summed E-state index contributed by atoms with van der Waals surface area (Å²) in [6, 6.07) is -0.865. The van der Waals surface area contributed by atoms with Crippen molar-refractivity contribution in [2.45, 2.75) is 32.7 Å². The van der Waals surface area contributed by atoms with Crippen molar-refractivity contribution in [3.05, 3.63) is 0 Å². The molecule has 7 nitrogen and oxygen atoms in total. The summed E-state index contributed by atoms with van der Waals surface area (Å²) in [5.41, 5.74) is 0. The molecule has 1 N–H and O–H groups in total. The number of sulfone groups is 1. The number of carbonyl (C=O) groups excluding carboxylic acids is 2. The largest absolute Gasteiger partial charge is 0.381 e. The zero-order chi connectivity index (χ0) is 17.0. The molecule has 23 heavy (non-hydrogen) atoms. The van der Waals surface area contributed by atoms with Gasteiger partial charge in [-0.15, -0.1) is 0 Å². The average Bonchev–Trinajstić information content (AvgIpc) is 2.52. The van der Waals surface area contributed by atoms with Crippen molar-refractivity contribution in [3.8, 4) is 0 Å². The van der Waals surface area contributed by atoms with Crippen LogP contribution in [0.4, 0.5) is 4.79 Å². The molecule has 2 aliphatic heterocycles. The zero-order valence-electron chi connectivity index (χ0n) is 13.8. The van der Waals surface area contributed by atoms with Gasteiger partial charge >= 0.3 is 6.03 Å². The van der Waals surface area contributed by atoms with Gasteiger partial charge in [-0.3, -0.25) is 4.79 Å². The van der Waals surface area contributed by atoms with E-state index in [1.807, 2.05) is 13.8 Å². The number of nitrogens with one attached hydrogen (secondary N) is 1. The monoisotopic (exact) mass is 346 g/mol. The lowest BCUT2D eigenvalue weighted by molar-refractivity contribution is -0.126. The van der Waals surface area contributed by atoms with Crippen LogP contribution < -0.4 is 5.32 Å². The minimum absolute atomic E-state index is 0.0134. The topological polar surface area (TPSA) is 92.8 Å². The first-order valence-corrected chi connectivity index (χ1v) is 9.99. The van der Waals surface area contributed by atoms with E-state index in [0.29, 0.717) is 13.2 Å². The first-order valence-electron chi connectivity index (χ1n) is 8.17. The maximum atomic E-state index is 12.5. The van der Waals surface area contributed by atoms with Gasteiger partial charge in [0, 0.05) is 32.2 Å². The molecule has 2 aliphatic rings. The molecule has 132 valence electrons. The molecule has 8 heteroatoms. The molecule has 0 aliphatic carbocycles. The van der Waals surface area contributed by atoms with Gasteiger partial charge < -0.3 is 15.0 Å². The molecule has 0 unspecified atom stereocenters. The number of hydrogen-bond acceptors (Lipinski definition) is 5. The number of amides is 2. The third-order valence-corrected chi connectivity index (χ3v) is 6.13. The Morgan fingerprint density at radius 1 is 1.13 bits per heavy atom. The molecule has 2 saturated heterocycles. The van der Waals surface area contributed by atoms with Gasteiger partial charge in [0.1, 0.15) is 0 Å². The van der Waals surface area contributed by atoms with Crippen molar-refractivity contribution in [1.29, 1.82) is 0 Å². The normalized spacial score (nSPS) is 23.5. The standard InChI is InChI=1S/C15H26N2O5S/c1-11(2)14(18)13(12-3-7-22-8-4-12)16-15(19)17-5-9-23(20,21)10-6-17/h11-13H,3-10H2,1-2H3,(H,16,19)/t13-/m0/s1. The summed E-state index contributed by atoms with van der Waals surface area (Å²) in [4.78, 5) is 26.4. The lowest BCUT2D eigenvalue weighted by atomic mass is 9.85. The SMILES string of the molecule is CC(C)C(=O)[C@@H](NC(=O)N1CCS(=O)(=O)CC1)C1CCOCC1. The summed E-state index contributed by atoms with van der Waals surface area (Å²) in [6.45, 7) is 5.23. The quantitative estimate of drug-likeness (QED) is 0.798. The van der Waals surface area contributed by atoms with E-state index >= 15 is 0 Å². The Labute approximate surface area is 137 Å². The van der Waals surface area contributed by atoms with Gasteiger partial charge in [0.2, 0.25) is 0 Å². The van der Waals surface area contributed by atoms with Gasteiger partial charge in [-0.1, -0.05) is 13.8 Å². The third-order valence-electron chi connectivity index (χ3n) is 4.52. The number of carbonyl (C=O) groups is 2. The number of hydrogen-bond donors (Lipinski definition) is 1. The van der Waals surface area contributed by atoms with Crippen molar-refractivity contribution < 1.29 is 22.7 Å². The summed E-state index contributed by atoms with van der Waals surface area (Å²) in [5.74, 6) is -0.0862. The van der Waals surface area contributed by atoms with E-state index in [2.05, 4.69) is 5.32 Å². The Bertz CT molecular complexity index is 526. The van der Waals surface area contributed by atoms with Crippen LogP contribution in [0.25, 0.3) is 0 Å². The smallest absolute Gasteiger partial charge is 0.318 e. The second-order valence-electron chi connectivity index (χ2n) is 6.57. The zero-order valence-corrected chi connectivity index (χ0v) is 14.6. The molecule has 0 aromatic carbocycles. The molecule has 0 saturated carbocycles. The Balaban J connectivity index is 2.01. The maximum absolute atomic E-state index is 12.5. The molecule has 0 radical (unpaired) electrons. The molecule has 2 rings (SSSR count). The van der Waals surface area contributed by atoms with Crippen LogP contribution in [0.5, 0.6) is 0 Å². The van der Waals surface area contributed by atoms with Gasteiger partial charge in [0.05, 0.1) is 17.5 Å². The molecule has 0 aromatic rings. The summed E-state index contributed by atoms with van der Waals surface area (Å²) in [7, 11) is -3.03. The van der Waals surface area contributed by atoms with Gasteiger partial charge in [-0.25, -0.2) is 13.2 Å². The predicted octanol–water partition coefficient (Wildman–Crippen LogP) is 0.447. The van der Waals surface area contributed by atoms with Crippen molar-refractivity contribution in [1.82, 2.24) is 10.2 Å². The number of rotatable bonds is 4. The van der Waals surface area contributed by atoms with E-state index in [4.69, 9.17) is 4.74 Å². The van der Waals surface area contributed by atoms with E-state index < -0.39 is 15.9 Å². The lowest BCUT2D eigenvalue weighted by Crippen LogP contribution is -2.55. The summed E-state index contributed by atoms with van der Waals surface area (Å²) in [5, 5.41) is 2.85. The first kappa shape index (κ1) is 18.2. The highest BCUT2D eigenvalue weighted by Gasteiger charge is 2.34. The fraction of sp³-hybridized carbons (Fsp3) is 0.867. The van der Waals surface area contributed by atoms with E-state index in [1.54, 1.807) is 0 Å². The van der Waals surface area contributed by atoms with E-state index in [1.165, 1.54) is 4.90 Å². The van der Waals surface area contributed by atoms with E-state index in [-0.39, 0.29) is 48.2 Å².